The van der Waals surface area contributed by atoms with Crippen molar-refractivity contribution in [3.8, 4) is 0 Å². The van der Waals surface area contributed by atoms with Gasteiger partial charge < -0.3 is 15.4 Å². The van der Waals surface area contributed by atoms with Crippen LogP contribution in [0.4, 0.5) is 0 Å². The zero-order chi connectivity index (χ0) is 13.5. The number of amides is 1. The molecular formula is C13H20BNO3. The number of hydrogen-bond acceptors (Lipinski definition) is 3. The van der Waals surface area contributed by atoms with Crippen LogP contribution in [0.5, 0.6) is 0 Å². The fourth-order valence-electron chi connectivity index (χ4n) is 1.65. The Hall–Kier alpha value is -1.33. The SMILES string of the molecule is CC(C)CCCNC(=O)c1cccc(B(O)O)c1. The molecule has 0 saturated carbocycles. The minimum absolute atomic E-state index is 0.179. The van der Waals surface area contributed by atoms with Gasteiger partial charge in [0.25, 0.3) is 5.91 Å². The molecule has 98 valence electrons. The van der Waals surface area contributed by atoms with Crippen molar-refractivity contribution in [3.05, 3.63) is 29.8 Å². The van der Waals surface area contributed by atoms with Crippen LogP contribution in [0.1, 0.15) is 37.0 Å². The zero-order valence-electron chi connectivity index (χ0n) is 10.9. The van der Waals surface area contributed by atoms with E-state index in [1.54, 1.807) is 18.2 Å². The molecule has 0 spiro atoms. The van der Waals surface area contributed by atoms with Crippen LogP contribution in [0.25, 0.3) is 0 Å². The van der Waals surface area contributed by atoms with E-state index in [0.717, 1.165) is 12.8 Å². The molecule has 4 nitrogen and oxygen atoms in total. The molecule has 5 heteroatoms. The molecule has 1 aromatic carbocycles. The van der Waals surface area contributed by atoms with Crippen molar-refractivity contribution in [1.82, 2.24) is 5.32 Å². The molecular weight excluding hydrogens is 229 g/mol. The topological polar surface area (TPSA) is 69.6 Å². The Labute approximate surface area is 108 Å². The second-order valence-corrected chi connectivity index (χ2v) is 4.79. The van der Waals surface area contributed by atoms with Gasteiger partial charge in [0.1, 0.15) is 0 Å². The van der Waals surface area contributed by atoms with E-state index in [9.17, 15) is 4.79 Å². The van der Waals surface area contributed by atoms with Crippen LogP contribution < -0.4 is 10.8 Å². The molecule has 0 aliphatic rings. The first kappa shape index (κ1) is 14.7. The van der Waals surface area contributed by atoms with Gasteiger partial charge in [-0.25, -0.2) is 0 Å². The van der Waals surface area contributed by atoms with Crippen molar-refractivity contribution in [2.24, 2.45) is 5.92 Å². The average Bonchev–Trinajstić information content (AvgIpc) is 2.34. The summed E-state index contributed by atoms with van der Waals surface area (Å²) in [5.41, 5.74) is 0.773. The highest BCUT2D eigenvalue weighted by atomic mass is 16.4. The monoisotopic (exact) mass is 249 g/mol. The van der Waals surface area contributed by atoms with E-state index < -0.39 is 7.12 Å². The summed E-state index contributed by atoms with van der Waals surface area (Å²) >= 11 is 0. The summed E-state index contributed by atoms with van der Waals surface area (Å²) in [6, 6.07) is 6.35. The quantitative estimate of drug-likeness (QED) is 0.509. The van der Waals surface area contributed by atoms with Crippen LogP contribution in [0.3, 0.4) is 0 Å². The van der Waals surface area contributed by atoms with E-state index >= 15 is 0 Å². The van der Waals surface area contributed by atoms with E-state index in [1.807, 2.05) is 0 Å². The Bertz CT molecular complexity index is 394. The molecule has 0 bridgehead atoms. The number of carbonyl (C=O) groups is 1. The summed E-state index contributed by atoms with van der Waals surface area (Å²) in [4.78, 5) is 11.8. The van der Waals surface area contributed by atoms with Gasteiger partial charge in [0, 0.05) is 12.1 Å². The minimum atomic E-state index is -1.54. The third kappa shape index (κ3) is 4.90. The molecule has 1 rings (SSSR count). The summed E-state index contributed by atoms with van der Waals surface area (Å²) in [6.07, 6.45) is 2.03. The van der Waals surface area contributed by atoms with E-state index in [0.29, 0.717) is 23.5 Å². The molecule has 18 heavy (non-hydrogen) atoms. The number of nitrogens with one attached hydrogen (secondary N) is 1. The number of hydrogen-bond donors (Lipinski definition) is 3. The lowest BCUT2D eigenvalue weighted by Gasteiger charge is -2.08. The van der Waals surface area contributed by atoms with Gasteiger partial charge in [-0.15, -0.1) is 0 Å². The third-order valence-corrected chi connectivity index (χ3v) is 2.69. The lowest BCUT2D eigenvalue weighted by Crippen LogP contribution is -2.32. The number of rotatable bonds is 6. The van der Waals surface area contributed by atoms with E-state index in [1.165, 1.54) is 6.07 Å². The second-order valence-electron chi connectivity index (χ2n) is 4.79. The highest BCUT2D eigenvalue weighted by Crippen LogP contribution is 2.02. The lowest BCUT2D eigenvalue weighted by molar-refractivity contribution is 0.0952. The number of carbonyl (C=O) groups excluding carboxylic acids is 1. The van der Waals surface area contributed by atoms with Crippen LogP contribution in [0.2, 0.25) is 0 Å². The predicted octanol–water partition coefficient (Wildman–Crippen LogP) is 0.532. The smallest absolute Gasteiger partial charge is 0.423 e. The Morgan fingerprint density at radius 3 is 2.72 bits per heavy atom. The first-order valence-electron chi connectivity index (χ1n) is 6.25. The molecule has 3 N–H and O–H groups in total. The van der Waals surface area contributed by atoms with Crippen molar-refractivity contribution in [3.63, 3.8) is 0 Å². The Balaban J connectivity index is 2.48. The maximum Gasteiger partial charge on any atom is 0.488 e. The molecule has 0 heterocycles. The normalized spacial score (nSPS) is 10.5. The summed E-state index contributed by atoms with van der Waals surface area (Å²) in [5.74, 6) is 0.455. The third-order valence-electron chi connectivity index (χ3n) is 2.69. The summed E-state index contributed by atoms with van der Waals surface area (Å²) in [7, 11) is -1.54. The van der Waals surface area contributed by atoms with Gasteiger partial charge in [-0.1, -0.05) is 26.0 Å². The summed E-state index contributed by atoms with van der Waals surface area (Å²) in [5, 5.41) is 20.9. The molecule has 0 aromatic heterocycles. The molecule has 0 saturated heterocycles. The van der Waals surface area contributed by atoms with Crippen LogP contribution in [-0.2, 0) is 0 Å². The predicted molar refractivity (Wildman–Crippen MR) is 72.7 cm³/mol. The largest absolute Gasteiger partial charge is 0.488 e. The second kappa shape index (κ2) is 7.19. The van der Waals surface area contributed by atoms with Crippen molar-refractivity contribution < 1.29 is 14.8 Å². The fourth-order valence-corrected chi connectivity index (χ4v) is 1.65. The molecule has 0 atom stereocenters. The molecule has 1 aromatic rings. The van der Waals surface area contributed by atoms with E-state index in [-0.39, 0.29) is 5.91 Å². The first-order chi connectivity index (χ1) is 8.50. The fraction of sp³-hybridized carbons (Fsp3) is 0.462. The average molecular weight is 249 g/mol. The Kier molecular flexibility index (Phi) is 5.88. The van der Waals surface area contributed by atoms with Crippen molar-refractivity contribution >= 4 is 18.5 Å². The van der Waals surface area contributed by atoms with E-state index in [4.69, 9.17) is 10.0 Å². The molecule has 0 unspecified atom stereocenters. The maximum absolute atomic E-state index is 11.8. The van der Waals surface area contributed by atoms with Gasteiger partial charge >= 0.3 is 7.12 Å². The zero-order valence-corrected chi connectivity index (χ0v) is 10.9. The summed E-state index contributed by atoms with van der Waals surface area (Å²) < 4.78 is 0. The van der Waals surface area contributed by atoms with Crippen LogP contribution in [0, 0.1) is 5.92 Å². The standard InChI is InChI=1S/C13H20BNO3/c1-10(2)5-4-8-15-13(16)11-6-3-7-12(9-11)14(17)18/h3,6-7,9-10,17-18H,4-5,8H2,1-2H3,(H,15,16). The highest BCUT2D eigenvalue weighted by molar-refractivity contribution is 6.58. The van der Waals surface area contributed by atoms with Gasteiger partial charge in [-0.2, -0.15) is 0 Å². The van der Waals surface area contributed by atoms with Crippen molar-refractivity contribution in [2.75, 3.05) is 6.54 Å². The molecule has 0 aliphatic carbocycles. The Morgan fingerprint density at radius 2 is 2.11 bits per heavy atom. The van der Waals surface area contributed by atoms with Gasteiger partial charge in [-0.05, 0) is 36.4 Å². The van der Waals surface area contributed by atoms with Gasteiger partial charge in [0.05, 0.1) is 0 Å². The Morgan fingerprint density at radius 1 is 1.39 bits per heavy atom. The van der Waals surface area contributed by atoms with Crippen molar-refractivity contribution in [1.29, 1.82) is 0 Å². The van der Waals surface area contributed by atoms with Crippen LogP contribution in [-0.4, -0.2) is 29.6 Å². The molecule has 0 aliphatic heterocycles. The van der Waals surface area contributed by atoms with Gasteiger partial charge in [0.2, 0.25) is 0 Å². The van der Waals surface area contributed by atoms with Crippen LogP contribution in [0.15, 0.2) is 24.3 Å². The highest BCUT2D eigenvalue weighted by Gasteiger charge is 2.13. The molecule has 0 fully saturated rings. The van der Waals surface area contributed by atoms with Gasteiger partial charge in [-0.3, -0.25) is 4.79 Å². The maximum atomic E-state index is 11.8. The minimum Gasteiger partial charge on any atom is -0.423 e. The molecule has 0 radical (unpaired) electrons. The van der Waals surface area contributed by atoms with E-state index in [2.05, 4.69) is 19.2 Å². The summed E-state index contributed by atoms with van der Waals surface area (Å²) in [6.45, 7) is 4.94. The number of benzene rings is 1. The van der Waals surface area contributed by atoms with Crippen molar-refractivity contribution in [2.45, 2.75) is 26.7 Å². The lowest BCUT2D eigenvalue weighted by atomic mass is 9.79. The van der Waals surface area contributed by atoms with Crippen LogP contribution >= 0.6 is 0 Å². The molecule has 1 amide bonds. The van der Waals surface area contributed by atoms with Gasteiger partial charge in [0.15, 0.2) is 0 Å². The first-order valence-corrected chi connectivity index (χ1v) is 6.25.